The molecule has 0 aromatic rings. The molecule has 0 bridgehead atoms. The van der Waals surface area contributed by atoms with E-state index in [1.54, 1.807) is 5.84 Å². The van der Waals surface area contributed by atoms with E-state index < -0.39 is 0 Å². The first kappa shape index (κ1) is 17.7. The van der Waals surface area contributed by atoms with Gasteiger partial charge in [0, 0.05) is 0 Å². The predicted octanol–water partition coefficient (Wildman–Crippen LogP) is -0.0283. The topological polar surface area (TPSA) is 18.3 Å². The molecule has 0 amide bonds. The summed E-state index contributed by atoms with van der Waals surface area (Å²) in [4.78, 5) is 5.25. The van der Waals surface area contributed by atoms with Crippen LogP contribution in [0.15, 0.2) is 24.3 Å². The Morgan fingerprint density at radius 2 is 1.96 bits per heavy atom. The number of rotatable bonds is 2. The van der Waals surface area contributed by atoms with Crippen molar-refractivity contribution in [3.05, 3.63) is 24.3 Å². The van der Waals surface area contributed by atoms with Gasteiger partial charge in [-0.15, -0.1) is 0 Å². The Morgan fingerprint density at radius 3 is 2.85 bits per heavy atom. The van der Waals surface area contributed by atoms with Crippen molar-refractivity contribution in [2.24, 2.45) is 11.8 Å². The van der Waals surface area contributed by atoms with Gasteiger partial charge in [-0.1, -0.05) is 0 Å². The van der Waals surface area contributed by atoms with Gasteiger partial charge in [-0.2, -0.15) is 0 Å². The first-order valence-electron chi connectivity index (χ1n) is 10.7. The van der Waals surface area contributed by atoms with Gasteiger partial charge in [0.25, 0.3) is 0 Å². The zero-order valence-corrected chi connectivity index (χ0v) is 18.4. The average molecular weight is 467 g/mol. The van der Waals surface area contributed by atoms with Crippen LogP contribution in [0.4, 0.5) is 0 Å². The van der Waals surface area contributed by atoms with Gasteiger partial charge in [0.1, 0.15) is 0 Å². The zero-order chi connectivity index (χ0) is 17.7. The molecule has 0 aromatic carbocycles. The third-order valence-corrected chi connectivity index (χ3v) is 10.5. The SMILES string of the molecule is C[I-]C1CCCC(C2=[N+]3C4C=CCCC4NC3C3C=CCCC3N2C)C1. The number of allylic oxidation sites excluding steroid dienone is 2. The Labute approximate surface area is 169 Å². The molecule has 0 spiro atoms. The molecule has 0 radical (unpaired) electrons. The van der Waals surface area contributed by atoms with Crippen LogP contribution in [0, 0.1) is 11.8 Å². The summed E-state index contributed by atoms with van der Waals surface area (Å²) in [6.45, 7) is 0. The molecular formula is C22H34IN3. The van der Waals surface area contributed by atoms with Crippen molar-refractivity contribution >= 4 is 5.84 Å². The van der Waals surface area contributed by atoms with E-state index in [-0.39, 0.29) is 0 Å². The van der Waals surface area contributed by atoms with Gasteiger partial charge in [0.05, 0.1) is 0 Å². The Balaban J connectivity index is 1.59. The van der Waals surface area contributed by atoms with Gasteiger partial charge in [-0.05, 0) is 0 Å². The first-order chi connectivity index (χ1) is 12.8. The number of nitrogens with one attached hydrogen (secondary N) is 1. The van der Waals surface area contributed by atoms with Crippen molar-refractivity contribution in [3.8, 4) is 0 Å². The van der Waals surface area contributed by atoms with E-state index in [2.05, 4.69) is 51.1 Å². The van der Waals surface area contributed by atoms with E-state index in [1.807, 2.05) is 0 Å². The van der Waals surface area contributed by atoms with Gasteiger partial charge < -0.3 is 0 Å². The van der Waals surface area contributed by atoms with Crippen molar-refractivity contribution < 1.29 is 25.8 Å². The molecule has 7 atom stereocenters. The molecule has 2 heterocycles. The fourth-order valence-corrected chi connectivity index (χ4v) is 8.57. The van der Waals surface area contributed by atoms with Crippen LogP contribution in [-0.4, -0.2) is 55.5 Å². The summed E-state index contributed by atoms with van der Waals surface area (Å²) in [6, 6.07) is 1.93. The van der Waals surface area contributed by atoms with E-state index in [4.69, 9.17) is 0 Å². The maximum absolute atomic E-state index is 4.09. The Morgan fingerprint density at radius 1 is 1.12 bits per heavy atom. The molecule has 1 N–H and O–H groups in total. The van der Waals surface area contributed by atoms with Crippen LogP contribution in [0.25, 0.3) is 0 Å². The molecule has 1 saturated carbocycles. The Kier molecular flexibility index (Phi) is 4.93. The molecule has 5 aliphatic rings. The van der Waals surface area contributed by atoms with Crippen molar-refractivity contribution in [3.63, 3.8) is 0 Å². The van der Waals surface area contributed by atoms with Crippen LogP contribution >= 0.6 is 0 Å². The quantitative estimate of drug-likeness (QED) is 0.266. The molecule has 3 aliphatic carbocycles. The fraction of sp³-hybridized carbons (Fsp3) is 0.773. The Bertz CT molecular complexity index is 639. The molecule has 4 heteroatoms. The molecule has 26 heavy (non-hydrogen) atoms. The third kappa shape index (κ3) is 2.81. The number of amidine groups is 1. The summed E-state index contributed by atoms with van der Waals surface area (Å²) in [5.41, 5.74) is 0. The van der Waals surface area contributed by atoms with E-state index in [0.717, 1.165) is 9.84 Å². The maximum atomic E-state index is 4.09. The van der Waals surface area contributed by atoms with Crippen LogP contribution in [-0.2, 0) is 0 Å². The van der Waals surface area contributed by atoms with Crippen LogP contribution in [0.5, 0.6) is 0 Å². The van der Waals surface area contributed by atoms with Crippen LogP contribution in [0.2, 0.25) is 0 Å². The van der Waals surface area contributed by atoms with Crippen LogP contribution < -0.4 is 26.5 Å². The van der Waals surface area contributed by atoms with Crippen molar-refractivity contribution in [1.29, 1.82) is 0 Å². The molecule has 7 unspecified atom stereocenters. The summed E-state index contributed by atoms with van der Waals surface area (Å²) in [5.74, 6) is 3.15. The van der Waals surface area contributed by atoms with Gasteiger partial charge in [0.15, 0.2) is 0 Å². The Hall–Kier alpha value is -0.360. The standard InChI is InChI=1S/C22H34IN3/c1-23-16-9-7-8-15(14-16)22-25(2)19-12-5-3-10-17(19)21-24-18-11-4-6-13-20(18)26(21)22/h3,6,10,13,15-21,24H,4-5,7-9,11-12,14H2,1-2H3. The second-order valence-electron chi connectivity index (χ2n) is 8.92. The third-order valence-electron chi connectivity index (χ3n) is 7.60. The van der Waals surface area contributed by atoms with Crippen molar-refractivity contribution in [1.82, 2.24) is 10.2 Å². The molecule has 2 aliphatic heterocycles. The number of hydrogen-bond donors (Lipinski definition) is 1. The van der Waals surface area contributed by atoms with E-state index in [9.17, 15) is 0 Å². The van der Waals surface area contributed by atoms with E-state index in [1.165, 1.54) is 51.4 Å². The monoisotopic (exact) mass is 467 g/mol. The molecule has 0 aromatic heterocycles. The molecule has 1 saturated heterocycles. The second-order valence-corrected chi connectivity index (χ2v) is 11.9. The zero-order valence-electron chi connectivity index (χ0n) is 16.3. The van der Waals surface area contributed by atoms with Crippen LogP contribution in [0.3, 0.4) is 0 Å². The number of alkyl halides is 2. The summed E-state index contributed by atoms with van der Waals surface area (Å²) < 4.78 is 3.90. The van der Waals surface area contributed by atoms with Crippen molar-refractivity contribution in [2.45, 2.75) is 79.6 Å². The van der Waals surface area contributed by atoms with E-state index >= 15 is 0 Å². The summed E-state index contributed by atoms with van der Waals surface area (Å²) in [7, 11) is 2.42. The summed E-state index contributed by atoms with van der Waals surface area (Å²) in [6.07, 6.45) is 21.4. The minimum atomic E-state index is 0.384. The first-order valence-corrected chi connectivity index (χ1v) is 14.1. The number of fused-ring (bicyclic) bond motifs is 5. The average Bonchev–Trinajstić information content (AvgIpc) is 3.08. The summed E-state index contributed by atoms with van der Waals surface area (Å²) >= 11 is 0.384. The predicted molar refractivity (Wildman–Crippen MR) is 103 cm³/mol. The van der Waals surface area contributed by atoms with Gasteiger partial charge in [-0.3, -0.25) is 0 Å². The normalized spacial score (nSPS) is 44.8. The number of nitrogens with zero attached hydrogens (tertiary/aromatic N) is 2. The summed E-state index contributed by atoms with van der Waals surface area (Å²) in [5, 5.41) is 4.09. The van der Waals surface area contributed by atoms with Gasteiger partial charge in [0.2, 0.25) is 0 Å². The molecule has 5 rings (SSSR count). The second kappa shape index (κ2) is 7.23. The fourth-order valence-electron chi connectivity index (χ4n) is 6.38. The minimum absolute atomic E-state index is 0.384. The molecule has 3 nitrogen and oxygen atoms in total. The number of hydrogen-bond acceptors (Lipinski definition) is 2. The molecular weight excluding hydrogens is 433 g/mol. The van der Waals surface area contributed by atoms with Crippen molar-refractivity contribution in [2.75, 3.05) is 12.0 Å². The molecule has 144 valence electrons. The van der Waals surface area contributed by atoms with Gasteiger partial charge in [-0.25, -0.2) is 0 Å². The number of halogens is 1. The van der Waals surface area contributed by atoms with Gasteiger partial charge >= 0.3 is 170 Å². The van der Waals surface area contributed by atoms with Crippen LogP contribution in [0.1, 0.15) is 51.4 Å². The molecule has 2 fully saturated rings. The van der Waals surface area contributed by atoms with E-state index in [0.29, 0.717) is 51.4 Å².